The first-order valence-corrected chi connectivity index (χ1v) is 14.2. The van der Waals surface area contributed by atoms with Crippen molar-refractivity contribution in [3.63, 3.8) is 0 Å². The first kappa shape index (κ1) is 27.6. The molecule has 1 saturated carbocycles. The fourth-order valence-electron chi connectivity index (χ4n) is 6.97. The van der Waals surface area contributed by atoms with Crippen molar-refractivity contribution in [2.45, 2.75) is 77.0 Å². The molecule has 2 heterocycles. The van der Waals surface area contributed by atoms with Crippen LogP contribution in [-0.2, 0) is 16.2 Å². The summed E-state index contributed by atoms with van der Waals surface area (Å²) in [6.07, 6.45) is 7.33. The topological polar surface area (TPSA) is 111 Å². The third-order valence-electron chi connectivity index (χ3n) is 8.84. The second-order valence-electron chi connectivity index (χ2n) is 11.3. The van der Waals surface area contributed by atoms with Gasteiger partial charge in [-0.1, -0.05) is 55.2 Å². The molecule has 0 unspecified atom stereocenters. The molecule has 3 N–H and O–H groups in total. The molecule has 2 aromatic rings. The minimum atomic E-state index is -0.855. The number of rotatable bonds is 9. The zero-order chi connectivity index (χ0) is 27.5. The summed E-state index contributed by atoms with van der Waals surface area (Å²) in [6.45, 7) is 1.47. The third kappa shape index (κ3) is 5.53. The predicted molar refractivity (Wildman–Crippen MR) is 148 cm³/mol. The summed E-state index contributed by atoms with van der Waals surface area (Å²) in [6, 6.07) is 13.4. The van der Waals surface area contributed by atoms with E-state index in [1.54, 1.807) is 12.1 Å². The van der Waals surface area contributed by atoms with Crippen molar-refractivity contribution >= 4 is 23.5 Å². The van der Waals surface area contributed by atoms with Crippen LogP contribution in [0.4, 0.5) is 0 Å². The molecule has 2 fully saturated rings. The van der Waals surface area contributed by atoms with Crippen LogP contribution in [0.3, 0.4) is 0 Å². The maximum Gasteiger partial charge on any atom is 0.234 e. The Balaban J connectivity index is 1.36. The maximum absolute atomic E-state index is 13.6. The van der Waals surface area contributed by atoms with Gasteiger partial charge in [-0.3, -0.25) is 14.5 Å². The number of hydrogen-bond donors (Lipinski definition) is 3. The Morgan fingerprint density at radius 2 is 1.79 bits per heavy atom. The fourth-order valence-corrected chi connectivity index (χ4v) is 6.97. The lowest BCUT2D eigenvalue weighted by atomic mass is 9.68. The van der Waals surface area contributed by atoms with Gasteiger partial charge in [0.05, 0.1) is 24.5 Å². The Hall–Kier alpha value is -3.00. The van der Waals surface area contributed by atoms with Crippen molar-refractivity contribution in [1.29, 1.82) is 0 Å². The molecule has 1 saturated heterocycles. The molecule has 2 amide bonds. The van der Waals surface area contributed by atoms with Crippen LogP contribution in [0.2, 0.25) is 0 Å². The largest absolute Gasteiger partial charge is 0.459 e. The Morgan fingerprint density at radius 1 is 1.05 bits per heavy atom. The van der Waals surface area contributed by atoms with Gasteiger partial charge < -0.3 is 19.7 Å². The molecule has 0 spiro atoms. The molecule has 3 aliphatic rings. The van der Waals surface area contributed by atoms with Crippen molar-refractivity contribution in [1.82, 2.24) is 4.90 Å². The monoisotopic (exact) mass is 533 g/mol. The van der Waals surface area contributed by atoms with Gasteiger partial charge in [0.15, 0.2) is 0 Å². The number of nitrogens with zero attached hydrogens (tertiary/aromatic N) is 1. The highest BCUT2D eigenvalue weighted by molar-refractivity contribution is 6.06. The van der Waals surface area contributed by atoms with Crippen LogP contribution in [0.5, 0.6) is 0 Å². The van der Waals surface area contributed by atoms with E-state index in [0.29, 0.717) is 36.4 Å². The molecule has 208 valence electrons. The number of furan rings is 1. The summed E-state index contributed by atoms with van der Waals surface area (Å²) in [4.78, 5) is 28.5. The van der Waals surface area contributed by atoms with E-state index >= 15 is 0 Å². The molecule has 1 aromatic heterocycles. The van der Waals surface area contributed by atoms with Crippen molar-refractivity contribution in [3.8, 4) is 0 Å². The molecule has 1 aliphatic heterocycles. The second kappa shape index (κ2) is 12.0. The number of carbonyl (C=O) groups excluding carboxylic acids is 2. The minimum absolute atomic E-state index is 0.0381. The number of amides is 2. The lowest BCUT2D eigenvalue weighted by Crippen LogP contribution is -2.42. The number of aliphatic hydroxyl groups excluding tert-OH is 3. The first-order chi connectivity index (χ1) is 18.9. The first-order valence-electron chi connectivity index (χ1n) is 14.2. The van der Waals surface area contributed by atoms with Gasteiger partial charge in [-0.25, -0.2) is 0 Å². The summed E-state index contributed by atoms with van der Waals surface area (Å²) < 4.78 is 5.68. The standard InChI is InChI=1S/C32H39NO6/c1-20-16-26-30(32(38)33(31(26)37)23-10-6-3-7-11-23)27(19-35)29(20)28(36)15-12-22(21-8-4-2-5-9-21)17-24-13-14-25(18-34)39-24/h2,4-5,8-9,13-14,17,23,26-28,30,34-36H,3,6-7,10-12,15-16,18-19H2,1H3/b22-17-/t26-,27+,28-,30-/m1/s1. The van der Waals surface area contributed by atoms with Gasteiger partial charge in [0.2, 0.25) is 11.8 Å². The van der Waals surface area contributed by atoms with Crippen LogP contribution in [0, 0.1) is 17.8 Å². The SMILES string of the molecule is CC1=C([C@H](O)CC/C(=C/c2ccc(CO)o2)c2ccccc2)[C@H](CO)[C@@H]2C(=O)N(C3CCCCC3)C(=O)[C@@H]2C1. The summed E-state index contributed by atoms with van der Waals surface area (Å²) in [5.41, 5.74) is 3.58. The van der Waals surface area contributed by atoms with Crippen molar-refractivity contribution < 1.29 is 29.3 Å². The number of aliphatic hydroxyl groups is 3. The van der Waals surface area contributed by atoms with E-state index in [1.807, 2.05) is 43.3 Å². The zero-order valence-electron chi connectivity index (χ0n) is 22.6. The third-order valence-corrected chi connectivity index (χ3v) is 8.84. The highest BCUT2D eigenvalue weighted by Crippen LogP contribution is 2.47. The summed E-state index contributed by atoms with van der Waals surface area (Å²) in [5.74, 6) is -0.794. The van der Waals surface area contributed by atoms with Gasteiger partial charge in [0, 0.05) is 12.0 Å². The van der Waals surface area contributed by atoms with E-state index in [4.69, 9.17) is 4.42 Å². The lowest BCUT2D eigenvalue weighted by molar-refractivity contribution is -0.143. The number of likely N-dealkylation sites (tertiary alicyclic amines) is 1. The molecule has 0 bridgehead atoms. The zero-order valence-corrected chi connectivity index (χ0v) is 22.6. The van der Waals surface area contributed by atoms with Crippen LogP contribution in [0.15, 0.2) is 58.0 Å². The highest BCUT2D eigenvalue weighted by atomic mass is 16.4. The van der Waals surface area contributed by atoms with Gasteiger partial charge >= 0.3 is 0 Å². The molecule has 0 radical (unpaired) electrons. The van der Waals surface area contributed by atoms with E-state index in [1.165, 1.54) is 4.90 Å². The van der Waals surface area contributed by atoms with E-state index in [-0.39, 0.29) is 31.1 Å². The highest BCUT2D eigenvalue weighted by Gasteiger charge is 2.55. The van der Waals surface area contributed by atoms with Crippen LogP contribution in [-0.4, -0.2) is 50.8 Å². The van der Waals surface area contributed by atoms with Gasteiger partial charge in [0.1, 0.15) is 18.1 Å². The van der Waals surface area contributed by atoms with E-state index in [0.717, 1.165) is 48.8 Å². The number of benzene rings is 1. The number of hydrogen-bond acceptors (Lipinski definition) is 6. The molecule has 7 heteroatoms. The average Bonchev–Trinajstić information content (AvgIpc) is 3.52. The van der Waals surface area contributed by atoms with E-state index in [9.17, 15) is 24.9 Å². The normalized spacial score (nSPS) is 25.4. The average molecular weight is 534 g/mol. The molecule has 4 atom stereocenters. The maximum atomic E-state index is 13.6. The van der Waals surface area contributed by atoms with Crippen LogP contribution < -0.4 is 0 Å². The number of fused-ring (bicyclic) bond motifs is 1. The van der Waals surface area contributed by atoms with Crippen molar-refractivity contribution in [2.75, 3.05) is 6.61 Å². The number of allylic oxidation sites excluding steroid dienone is 2. The van der Waals surface area contributed by atoms with Gasteiger partial charge in [-0.15, -0.1) is 0 Å². The molecule has 2 aliphatic carbocycles. The van der Waals surface area contributed by atoms with Crippen molar-refractivity contribution in [2.24, 2.45) is 17.8 Å². The van der Waals surface area contributed by atoms with Crippen molar-refractivity contribution in [3.05, 3.63) is 70.7 Å². The molecule has 1 aromatic carbocycles. The van der Waals surface area contributed by atoms with Crippen LogP contribution in [0.25, 0.3) is 11.6 Å². The molecular weight excluding hydrogens is 494 g/mol. The summed E-state index contributed by atoms with van der Waals surface area (Å²) >= 11 is 0. The van der Waals surface area contributed by atoms with Gasteiger partial charge in [0.25, 0.3) is 0 Å². The van der Waals surface area contributed by atoms with Crippen LogP contribution in [0.1, 0.15) is 75.4 Å². The van der Waals surface area contributed by atoms with Gasteiger partial charge in [-0.2, -0.15) is 0 Å². The minimum Gasteiger partial charge on any atom is -0.459 e. The molecule has 7 nitrogen and oxygen atoms in total. The Kier molecular flexibility index (Phi) is 8.50. The van der Waals surface area contributed by atoms with E-state index < -0.39 is 23.9 Å². The number of imide groups is 1. The molecular formula is C32H39NO6. The summed E-state index contributed by atoms with van der Waals surface area (Å²) in [5, 5.41) is 31.3. The van der Waals surface area contributed by atoms with Gasteiger partial charge in [-0.05, 0) is 73.9 Å². The number of carbonyl (C=O) groups is 2. The molecule has 39 heavy (non-hydrogen) atoms. The predicted octanol–water partition coefficient (Wildman–Crippen LogP) is 4.72. The Bertz CT molecular complexity index is 1240. The molecule has 5 rings (SSSR count). The van der Waals surface area contributed by atoms with E-state index in [2.05, 4.69) is 0 Å². The summed E-state index contributed by atoms with van der Waals surface area (Å²) in [7, 11) is 0. The quantitative estimate of drug-likeness (QED) is 0.318. The second-order valence-corrected chi connectivity index (χ2v) is 11.3. The Labute approximate surface area is 229 Å². The Morgan fingerprint density at radius 3 is 2.46 bits per heavy atom. The van der Waals surface area contributed by atoms with Crippen LogP contribution >= 0.6 is 0 Å². The smallest absolute Gasteiger partial charge is 0.234 e. The lowest BCUT2D eigenvalue weighted by Gasteiger charge is -2.35. The fraction of sp³-hybridized carbons (Fsp3) is 0.500.